The molecule has 1 aromatic heterocycles. The molecule has 78 valence electrons. The summed E-state index contributed by atoms with van der Waals surface area (Å²) < 4.78 is 7.45. The van der Waals surface area contributed by atoms with Crippen LogP contribution in [0.15, 0.2) is 12.3 Å². The second-order valence-electron chi connectivity index (χ2n) is 3.68. The molecule has 1 aliphatic rings. The minimum absolute atomic E-state index is 0.442. The van der Waals surface area contributed by atoms with E-state index in [1.54, 1.807) is 0 Å². The van der Waals surface area contributed by atoms with Gasteiger partial charge in [0.2, 0.25) is 0 Å². The molecule has 0 bridgehead atoms. The van der Waals surface area contributed by atoms with Gasteiger partial charge in [0, 0.05) is 18.5 Å². The van der Waals surface area contributed by atoms with Gasteiger partial charge in [-0.15, -0.1) is 0 Å². The van der Waals surface area contributed by atoms with Crippen molar-refractivity contribution in [1.82, 2.24) is 9.78 Å². The van der Waals surface area contributed by atoms with Gasteiger partial charge in [-0.2, -0.15) is 5.10 Å². The van der Waals surface area contributed by atoms with E-state index in [4.69, 9.17) is 10.5 Å². The molecule has 0 aromatic carbocycles. The summed E-state index contributed by atoms with van der Waals surface area (Å²) in [6.45, 7) is 2.41. The molecular weight excluding hydrogens is 178 g/mol. The summed E-state index contributed by atoms with van der Waals surface area (Å²) in [5, 5.41) is 4.35. The van der Waals surface area contributed by atoms with E-state index < -0.39 is 0 Å². The average molecular weight is 195 g/mol. The minimum Gasteiger partial charge on any atom is -0.379 e. The highest BCUT2D eigenvalue weighted by molar-refractivity contribution is 5.02. The molecular formula is C10H17N3O. The third kappa shape index (κ3) is 1.96. The summed E-state index contributed by atoms with van der Waals surface area (Å²) in [5.74, 6) is 0. The molecule has 1 aliphatic heterocycles. The Hall–Kier alpha value is -0.870. The first kappa shape index (κ1) is 9.68. The van der Waals surface area contributed by atoms with Crippen LogP contribution in [0.25, 0.3) is 0 Å². The smallest absolute Gasteiger partial charge is 0.0777 e. The molecule has 0 spiro atoms. The summed E-state index contributed by atoms with van der Waals surface area (Å²) >= 11 is 0. The second-order valence-corrected chi connectivity index (χ2v) is 3.68. The molecule has 2 heterocycles. The SMILES string of the molecule is NCCCc1ccnn1C1CCOC1. The highest BCUT2D eigenvalue weighted by Gasteiger charge is 2.19. The Morgan fingerprint density at radius 1 is 1.64 bits per heavy atom. The fourth-order valence-electron chi connectivity index (χ4n) is 1.87. The van der Waals surface area contributed by atoms with E-state index in [0.29, 0.717) is 6.04 Å². The lowest BCUT2D eigenvalue weighted by molar-refractivity contribution is 0.184. The number of aromatic nitrogens is 2. The van der Waals surface area contributed by atoms with Crippen LogP contribution in [0.1, 0.15) is 24.6 Å². The van der Waals surface area contributed by atoms with Crippen LogP contribution in [0.2, 0.25) is 0 Å². The Kier molecular flexibility index (Phi) is 3.16. The van der Waals surface area contributed by atoms with Crippen molar-refractivity contribution in [2.45, 2.75) is 25.3 Å². The van der Waals surface area contributed by atoms with Crippen molar-refractivity contribution in [3.8, 4) is 0 Å². The number of hydrogen-bond donors (Lipinski definition) is 1. The first-order chi connectivity index (χ1) is 6.92. The normalized spacial score (nSPS) is 21.6. The Morgan fingerprint density at radius 3 is 3.29 bits per heavy atom. The third-order valence-electron chi connectivity index (χ3n) is 2.64. The molecule has 0 amide bonds. The lowest BCUT2D eigenvalue weighted by Crippen LogP contribution is -2.14. The predicted molar refractivity (Wildman–Crippen MR) is 54.1 cm³/mol. The number of nitrogens with zero attached hydrogens (tertiary/aromatic N) is 2. The maximum Gasteiger partial charge on any atom is 0.0777 e. The molecule has 1 unspecified atom stereocenters. The van der Waals surface area contributed by atoms with Crippen molar-refractivity contribution in [3.05, 3.63) is 18.0 Å². The highest BCUT2D eigenvalue weighted by Crippen LogP contribution is 2.20. The van der Waals surface area contributed by atoms with Gasteiger partial charge in [-0.25, -0.2) is 0 Å². The lowest BCUT2D eigenvalue weighted by atomic mass is 10.2. The van der Waals surface area contributed by atoms with Crippen molar-refractivity contribution in [2.75, 3.05) is 19.8 Å². The summed E-state index contributed by atoms with van der Waals surface area (Å²) in [7, 11) is 0. The van der Waals surface area contributed by atoms with Gasteiger partial charge in [0.15, 0.2) is 0 Å². The zero-order valence-corrected chi connectivity index (χ0v) is 8.35. The van der Waals surface area contributed by atoms with Crippen molar-refractivity contribution in [1.29, 1.82) is 0 Å². The van der Waals surface area contributed by atoms with Crippen molar-refractivity contribution >= 4 is 0 Å². The molecule has 1 fully saturated rings. The monoisotopic (exact) mass is 195 g/mol. The largest absolute Gasteiger partial charge is 0.379 e. The molecule has 4 nitrogen and oxygen atoms in total. The van der Waals surface area contributed by atoms with E-state index in [1.165, 1.54) is 5.69 Å². The maximum atomic E-state index is 5.49. The van der Waals surface area contributed by atoms with Crippen LogP contribution in [-0.4, -0.2) is 29.5 Å². The summed E-state index contributed by atoms with van der Waals surface area (Å²) in [5.41, 5.74) is 6.78. The Labute approximate surface area is 84.0 Å². The van der Waals surface area contributed by atoms with Gasteiger partial charge in [-0.1, -0.05) is 0 Å². The van der Waals surface area contributed by atoms with E-state index in [-0.39, 0.29) is 0 Å². The fraction of sp³-hybridized carbons (Fsp3) is 0.700. The first-order valence-corrected chi connectivity index (χ1v) is 5.22. The summed E-state index contributed by atoms with van der Waals surface area (Å²) in [6, 6.07) is 2.52. The fourth-order valence-corrected chi connectivity index (χ4v) is 1.87. The van der Waals surface area contributed by atoms with Gasteiger partial charge in [0.25, 0.3) is 0 Å². The van der Waals surface area contributed by atoms with Crippen molar-refractivity contribution in [3.63, 3.8) is 0 Å². The third-order valence-corrected chi connectivity index (χ3v) is 2.64. The molecule has 14 heavy (non-hydrogen) atoms. The van der Waals surface area contributed by atoms with Crippen LogP contribution < -0.4 is 5.73 Å². The van der Waals surface area contributed by atoms with Crippen LogP contribution in [-0.2, 0) is 11.2 Å². The minimum atomic E-state index is 0.442. The van der Waals surface area contributed by atoms with Crippen LogP contribution in [0.4, 0.5) is 0 Å². The van der Waals surface area contributed by atoms with Crippen LogP contribution >= 0.6 is 0 Å². The molecule has 1 atom stereocenters. The number of nitrogens with two attached hydrogens (primary N) is 1. The number of aryl methyl sites for hydroxylation is 1. The quantitative estimate of drug-likeness (QED) is 0.770. The van der Waals surface area contributed by atoms with Crippen LogP contribution in [0.5, 0.6) is 0 Å². The zero-order chi connectivity index (χ0) is 9.80. The lowest BCUT2D eigenvalue weighted by Gasteiger charge is -2.12. The van der Waals surface area contributed by atoms with Gasteiger partial charge in [0.05, 0.1) is 12.6 Å². The van der Waals surface area contributed by atoms with Gasteiger partial charge >= 0.3 is 0 Å². The standard InChI is InChI=1S/C10H17N3O/c11-5-1-2-9-3-6-12-13(9)10-4-7-14-8-10/h3,6,10H,1-2,4-5,7-8,11H2. The molecule has 0 radical (unpaired) electrons. The molecule has 0 saturated carbocycles. The van der Waals surface area contributed by atoms with Gasteiger partial charge in [-0.3, -0.25) is 4.68 Å². The van der Waals surface area contributed by atoms with E-state index >= 15 is 0 Å². The average Bonchev–Trinajstić information content (AvgIpc) is 2.84. The van der Waals surface area contributed by atoms with E-state index in [2.05, 4.69) is 15.8 Å². The second kappa shape index (κ2) is 4.57. The van der Waals surface area contributed by atoms with Gasteiger partial charge in [-0.05, 0) is 31.9 Å². The Bertz CT molecular complexity index is 279. The van der Waals surface area contributed by atoms with Gasteiger partial charge < -0.3 is 10.5 Å². The highest BCUT2D eigenvalue weighted by atomic mass is 16.5. The zero-order valence-electron chi connectivity index (χ0n) is 8.35. The molecule has 1 aromatic rings. The summed E-state index contributed by atoms with van der Waals surface area (Å²) in [4.78, 5) is 0. The molecule has 2 N–H and O–H groups in total. The van der Waals surface area contributed by atoms with E-state index in [0.717, 1.165) is 39.0 Å². The molecule has 0 aliphatic carbocycles. The number of ether oxygens (including phenoxy) is 1. The van der Waals surface area contributed by atoms with Crippen molar-refractivity contribution < 1.29 is 4.74 Å². The van der Waals surface area contributed by atoms with Gasteiger partial charge in [0.1, 0.15) is 0 Å². The number of rotatable bonds is 4. The number of hydrogen-bond acceptors (Lipinski definition) is 3. The van der Waals surface area contributed by atoms with Crippen LogP contribution in [0.3, 0.4) is 0 Å². The summed E-state index contributed by atoms with van der Waals surface area (Å²) in [6.07, 6.45) is 4.99. The maximum absolute atomic E-state index is 5.49. The Balaban J connectivity index is 2.04. The first-order valence-electron chi connectivity index (χ1n) is 5.22. The molecule has 2 rings (SSSR count). The van der Waals surface area contributed by atoms with E-state index in [1.807, 2.05) is 6.20 Å². The van der Waals surface area contributed by atoms with Crippen LogP contribution in [0, 0.1) is 0 Å². The van der Waals surface area contributed by atoms with E-state index in [9.17, 15) is 0 Å². The Morgan fingerprint density at radius 2 is 2.57 bits per heavy atom. The van der Waals surface area contributed by atoms with Crippen molar-refractivity contribution in [2.24, 2.45) is 5.73 Å². The topological polar surface area (TPSA) is 53.1 Å². The molecule has 4 heteroatoms. The predicted octanol–water partition coefficient (Wildman–Crippen LogP) is 0.736. The molecule has 1 saturated heterocycles.